The van der Waals surface area contributed by atoms with Gasteiger partial charge < -0.3 is 20.1 Å². The maximum Gasteiger partial charge on any atom is 0.0765 e. The normalized spacial score (nSPS) is 11.7. The first-order valence-electron chi connectivity index (χ1n) is 6.75. The molecule has 1 aromatic rings. The molecule has 0 saturated carbocycles. The molecule has 5 heteroatoms. The summed E-state index contributed by atoms with van der Waals surface area (Å²) in [5, 5.41) is 13.2. The van der Waals surface area contributed by atoms with E-state index in [1.807, 2.05) is 25.8 Å². The minimum atomic E-state index is -0.707. The van der Waals surface area contributed by atoms with Crippen LogP contribution in [0.3, 0.4) is 0 Å². The van der Waals surface area contributed by atoms with Crippen LogP contribution in [0.15, 0.2) is 22.7 Å². The molecule has 0 fully saturated rings. The second kappa shape index (κ2) is 7.98. The summed E-state index contributed by atoms with van der Waals surface area (Å²) in [5.41, 5.74) is 1.59. The van der Waals surface area contributed by atoms with Crippen molar-refractivity contribution >= 4 is 21.6 Å². The molecule has 114 valence electrons. The third-order valence-corrected chi connectivity index (χ3v) is 3.64. The Kier molecular flexibility index (Phi) is 6.95. The Morgan fingerprint density at radius 2 is 2.10 bits per heavy atom. The maximum atomic E-state index is 9.86. The van der Waals surface area contributed by atoms with Crippen molar-refractivity contribution in [2.45, 2.75) is 26.0 Å². The Bertz CT molecular complexity index is 419. The van der Waals surface area contributed by atoms with E-state index in [0.29, 0.717) is 13.2 Å². The van der Waals surface area contributed by atoms with Crippen molar-refractivity contribution in [1.82, 2.24) is 5.32 Å². The molecule has 1 aromatic carbocycles. The monoisotopic (exact) mass is 344 g/mol. The maximum absolute atomic E-state index is 9.86. The highest BCUT2D eigenvalue weighted by Gasteiger charge is 2.16. The second-order valence-electron chi connectivity index (χ2n) is 5.61. The summed E-state index contributed by atoms with van der Waals surface area (Å²) < 4.78 is 6.07. The quantitative estimate of drug-likeness (QED) is 0.710. The summed E-state index contributed by atoms with van der Waals surface area (Å²) in [6, 6.07) is 6.25. The van der Waals surface area contributed by atoms with Gasteiger partial charge in [-0.1, -0.05) is 22.0 Å². The van der Waals surface area contributed by atoms with Gasteiger partial charge in [0, 0.05) is 44.0 Å². The summed E-state index contributed by atoms with van der Waals surface area (Å²) >= 11 is 3.60. The van der Waals surface area contributed by atoms with Gasteiger partial charge in [0.05, 0.1) is 12.2 Å². The lowest BCUT2D eigenvalue weighted by Crippen LogP contribution is -2.36. The van der Waals surface area contributed by atoms with Crippen LogP contribution in [0.1, 0.15) is 19.4 Å². The summed E-state index contributed by atoms with van der Waals surface area (Å²) in [6.45, 7) is 6.57. The average molecular weight is 345 g/mol. The van der Waals surface area contributed by atoms with Crippen LogP contribution >= 0.6 is 15.9 Å². The molecule has 0 aliphatic carbocycles. The molecule has 2 N–H and O–H groups in total. The highest BCUT2D eigenvalue weighted by Crippen LogP contribution is 2.24. The Morgan fingerprint density at radius 3 is 2.65 bits per heavy atom. The second-order valence-corrected chi connectivity index (χ2v) is 6.47. The Balaban J connectivity index is 2.63. The summed E-state index contributed by atoms with van der Waals surface area (Å²) in [6.07, 6.45) is 0. The van der Waals surface area contributed by atoms with Gasteiger partial charge in [0.15, 0.2) is 0 Å². The lowest BCUT2D eigenvalue weighted by Gasteiger charge is -2.27. The number of hydrogen-bond donors (Lipinski definition) is 2. The number of aliphatic hydroxyl groups is 1. The van der Waals surface area contributed by atoms with Crippen molar-refractivity contribution in [2.24, 2.45) is 0 Å². The van der Waals surface area contributed by atoms with Crippen LogP contribution in [0.2, 0.25) is 0 Å². The van der Waals surface area contributed by atoms with Gasteiger partial charge in [-0.3, -0.25) is 0 Å². The first-order valence-corrected chi connectivity index (χ1v) is 7.54. The number of rotatable bonds is 8. The SMILES string of the molecule is COCCNCc1ccc(N(C)CC(C)(C)O)cc1Br. The number of methoxy groups -OCH3 is 1. The van der Waals surface area contributed by atoms with E-state index in [0.717, 1.165) is 23.2 Å². The standard InChI is InChI=1S/C15H25BrN2O2/c1-15(2,19)11-18(3)13-6-5-12(14(16)9-13)10-17-7-8-20-4/h5-6,9,17,19H,7-8,10-11H2,1-4H3. The largest absolute Gasteiger partial charge is 0.389 e. The third-order valence-electron chi connectivity index (χ3n) is 2.90. The lowest BCUT2D eigenvalue weighted by atomic mass is 10.1. The molecule has 4 nitrogen and oxygen atoms in total. The lowest BCUT2D eigenvalue weighted by molar-refractivity contribution is 0.0886. The van der Waals surface area contributed by atoms with Crippen LogP contribution in [0, 0.1) is 0 Å². The van der Waals surface area contributed by atoms with Crippen LogP contribution in [0.25, 0.3) is 0 Å². The van der Waals surface area contributed by atoms with Crippen molar-refractivity contribution in [3.8, 4) is 0 Å². The fourth-order valence-corrected chi connectivity index (χ4v) is 2.49. The summed E-state index contributed by atoms with van der Waals surface area (Å²) in [4.78, 5) is 2.05. The number of nitrogens with zero attached hydrogens (tertiary/aromatic N) is 1. The molecular formula is C15H25BrN2O2. The molecule has 1 rings (SSSR count). The van der Waals surface area contributed by atoms with Crippen LogP contribution in [0.5, 0.6) is 0 Å². The van der Waals surface area contributed by atoms with Crippen molar-refractivity contribution < 1.29 is 9.84 Å². The van der Waals surface area contributed by atoms with E-state index in [1.165, 1.54) is 5.56 Å². The van der Waals surface area contributed by atoms with Gasteiger partial charge in [-0.25, -0.2) is 0 Å². The molecule has 0 amide bonds. The van der Waals surface area contributed by atoms with E-state index in [2.05, 4.69) is 39.4 Å². The molecule has 0 aliphatic heterocycles. The summed E-state index contributed by atoms with van der Waals surface area (Å²) in [5.74, 6) is 0. The topological polar surface area (TPSA) is 44.7 Å². The molecule has 0 aromatic heterocycles. The van der Waals surface area contributed by atoms with Gasteiger partial charge in [-0.05, 0) is 31.5 Å². The summed E-state index contributed by atoms with van der Waals surface area (Å²) in [7, 11) is 3.68. The highest BCUT2D eigenvalue weighted by atomic mass is 79.9. The molecule has 0 bridgehead atoms. The van der Waals surface area contributed by atoms with Crippen molar-refractivity contribution in [3.05, 3.63) is 28.2 Å². The van der Waals surface area contributed by atoms with E-state index >= 15 is 0 Å². The number of anilines is 1. The van der Waals surface area contributed by atoms with Gasteiger partial charge in [0.2, 0.25) is 0 Å². The average Bonchev–Trinajstić information content (AvgIpc) is 2.34. The Morgan fingerprint density at radius 1 is 1.40 bits per heavy atom. The Labute approximate surface area is 130 Å². The van der Waals surface area contributed by atoms with Gasteiger partial charge in [0.25, 0.3) is 0 Å². The van der Waals surface area contributed by atoms with Crippen molar-refractivity contribution in [2.75, 3.05) is 38.8 Å². The zero-order chi connectivity index (χ0) is 15.2. The number of halogens is 1. The van der Waals surface area contributed by atoms with Crippen molar-refractivity contribution in [1.29, 1.82) is 0 Å². The number of benzene rings is 1. The van der Waals surface area contributed by atoms with E-state index in [4.69, 9.17) is 4.74 Å². The Hall–Kier alpha value is -0.620. The zero-order valence-electron chi connectivity index (χ0n) is 12.7. The van der Waals surface area contributed by atoms with Gasteiger partial charge in [0.1, 0.15) is 0 Å². The molecule has 0 spiro atoms. The number of ether oxygens (including phenoxy) is 1. The van der Waals surface area contributed by atoms with E-state index in [1.54, 1.807) is 7.11 Å². The third kappa shape index (κ3) is 6.22. The van der Waals surface area contributed by atoms with Crippen LogP contribution < -0.4 is 10.2 Å². The predicted octanol–water partition coefficient (Wildman–Crippen LogP) is 2.39. The molecule has 20 heavy (non-hydrogen) atoms. The first kappa shape index (κ1) is 17.4. The fraction of sp³-hybridized carbons (Fsp3) is 0.600. The van der Waals surface area contributed by atoms with Crippen molar-refractivity contribution in [3.63, 3.8) is 0 Å². The molecule has 0 radical (unpaired) electrons. The fourth-order valence-electron chi connectivity index (χ4n) is 1.99. The van der Waals surface area contributed by atoms with Crippen LogP contribution in [0.4, 0.5) is 5.69 Å². The first-order chi connectivity index (χ1) is 9.33. The van der Waals surface area contributed by atoms with E-state index < -0.39 is 5.60 Å². The van der Waals surface area contributed by atoms with Crippen LogP contribution in [-0.2, 0) is 11.3 Å². The minimum absolute atomic E-state index is 0.588. The van der Waals surface area contributed by atoms with Gasteiger partial charge >= 0.3 is 0 Å². The number of nitrogens with one attached hydrogen (secondary N) is 1. The van der Waals surface area contributed by atoms with Gasteiger partial charge in [-0.15, -0.1) is 0 Å². The number of likely N-dealkylation sites (N-methyl/N-ethyl adjacent to an activating group) is 1. The molecule has 0 unspecified atom stereocenters. The zero-order valence-corrected chi connectivity index (χ0v) is 14.3. The molecule has 0 heterocycles. The minimum Gasteiger partial charge on any atom is -0.389 e. The van der Waals surface area contributed by atoms with Gasteiger partial charge in [-0.2, -0.15) is 0 Å². The van der Waals surface area contributed by atoms with E-state index in [9.17, 15) is 5.11 Å². The molecule has 0 aliphatic rings. The molecule has 0 saturated heterocycles. The molecular weight excluding hydrogens is 320 g/mol. The number of hydrogen-bond acceptors (Lipinski definition) is 4. The van der Waals surface area contributed by atoms with E-state index in [-0.39, 0.29) is 0 Å². The van der Waals surface area contributed by atoms with Crippen LogP contribution in [-0.4, -0.2) is 44.6 Å². The molecule has 0 atom stereocenters. The predicted molar refractivity (Wildman–Crippen MR) is 87.3 cm³/mol. The smallest absolute Gasteiger partial charge is 0.0765 e. The highest BCUT2D eigenvalue weighted by molar-refractivity contribution is 9.10.